The average molecular weight is 313 g/mol. The molecule has 3 aromatic rings. The van der Waals surface area contributed by atoms with E-state index in [1.165, 1.54) is 16.9 Å². The molecule has 6 heteroatoms. The first-order chi connectivity index (χ1) is 10.6. The molecule has 0 amide bonds. The van der Waals surface area contributed by atoms with E-state index in [2.05, 4.69) is 24.2 Å². The number of aromatic carboxylic acids is 1. The third-order valence-electron chi connectivity index (χ3n) is 3.43. The third kappa shape index (κ3) is 2.53. The predicted octanol–water partition coefficient (Wildman–Crippen LogP) is 3.82. The number of rotatable bonds is 4. The molecular weight excluding hydrogens is 298 g/mol. The molecule has 0 radical (unpaired) electrons. The van der Waals surface area contributed by atoms with Gasteiger partial charge in [-0.15, -0.1) is 16.4 Å². The number of thiophene rings is 1. The highest BCUT2D eigenvalue weighted by Gasteiger charge is 2.22. The Morgan fingerprint density at radius 2 is 1.95 bits per heavy atom. The first-order valence-corrected chi connectivity index (χ1v) is 7.79. The monoisotopic (exact) mass is 313 g/mol. The fraction of sp³-hybridized carbons (Fsp3) is 0.188. The molecule has 2 heterocycles. The molecule has 112 valence electrons. The molecule has 5 nitrogen and oxygen atoms in total. The maximum Gasteiger partial charge on any atom is 0.358 e. The number of nitrogens with zero attached hydrogens (tertiary/aromatic N) is 3. The summed E-state index contributed by atoms with van der Waals surface area (Å²) >= 11 is 1.46. The fourth-order valence-corrected chi connectivity index (χ4v) is 3.00. The van der Waals surface area contributed by atoms with Gasteiger partial charge >= 0.3 is 5.97 Å². The Labute approximate surface area is 131 Å². The van der Waals surface area contributed by atoms with Crippen LogP contribution in [-0.4, -0.2) is 26.1 Å². The van der Waals surface area contributed by atoms with Crippen molar-refractivity contribution in [3.63, 3.8) is 0 Å². The smallest absolute Gasteiger partial charge is 0.358 e. The fourth-order valence-electron chi connectivity index (χ4n) is 2.24. The van der Waals surface area contributed by atoms with Crippen LogP contribution in [-0.2, 0) is 0 Å². The average Bonchev–Trinajstić information content (AvgIpc) is 3.16. The molecule has 0 saturated carbocycles. The molecule has 22 heavy (non-hydrogen) atoms. The lowest BCUT2D eigenvalue weighted by molar-refractivity contribution is 0.0691. The van der Waals surface area contributed by atoms with Gasteiger partial charge in [-0.1, -0.05) is 37.3 Å². The van der Waals surface area contributed by atoms with Crippen LogP contribution in [0.2, 0.25) is 0 Å². The molecule has 0 fully saturated rings. The van der Waals surface area contributed by atoms with Crippen LogP contribution in [0.15, 0.2) is 41.8 Å². The minimum Gasteiger partial charge on any atom is -0.476 e. The highest BCUT2D eigenvalue weighted by atomic mass is 32.1. The van der Waals surface area contributed by atoms with Crippen molar-refractivity contribution in [3.8, 4) is 16.3 Å². The predicted molar refractivity (Wildman–Crippen MR) is 85.7 cm³/mol. The van der Waals surface area contributed by atoms with Gasteiger partial charge in [-0.25, -0.2) is 9.48 Å². The van der Waals surface area contributed by atoms with E-state index in [0.29, 0.717) is 11.6 Å². The molecule has 0 atom stereocenters. The lowest BCUT2D eigenvalue weighted by Gasteiger charge is -2.08. The van der Waals surface area contributed by atoms with Crippen molar-refractivity contribution in [3.05, 3.63) is 53.0 Å². The first-order valence-electron chi connectivity index (χ1n) is 6.91. The number of carboxylic acids is 1. The highest BCUT2D eigenvalue weighted by Crippen LogP contribution is 2.29. The molecule has 0 unspecified atom stereocenters. The summed E-state index contributed by atoms with van der Waals surface area (Å²) in [5.41, 5.74) is 2.50. The van der Waals surface area contributed by atoms with Gasteiger partial charge in [-0.2, -0.15) is 0 Å². The van der Waals surface area contributed by atoms with E-state index in [9.17, 15) is 9.90 Å². The summed E-state index contributed by atoms with van der Waals surface area (Å²) in [7, 11) is 0. The van der Waals surface area contributed by atoms with Crippen molar-refractivity contribution >= 4 is 17.3 Å². The maximum atomic E-state index is 11.4. The van der Waals surface area contributed by atoms with E-state index < -0.39 is 5.97 Å². The van der Waals surface area contributed by atoms with Crippen molar-refractivity contribution in [2.75, 3.05) is 0 Å². The van der Waals surface area contributed by atoms with Gasteiger partial charge in [0.2, 0.25) is 0 Å². The molecule has 3 rings (SSSR count). The van der Waals surface area contributed by atoms with Gasteiger partial charge in [0, 0.05) is 0 Å². The SMILES string of the molecule is CC(C)c1ccc(-n2nnc(C(=O)O)c2-c2cccs2)cc1. The lowest BCUT2D eigenvalue weighted by Crippen LogP contribution is -2.02. The summed E-state index contributed by atoms with van der Waals surface area (Å²) in [5.74, 6) is -0.635. The van der Waals surface area contributed by atoms with Crippen molar-refractivity contribution in [1.29, 1.82) is 0 Å². The van der Waals surface area contributed by atoms with Crippen LogP contribution in [0.4, 0.5) is 0 Å². The number of aromatic nitrogens is 3. The first kappa shape index (κ1) is 14.5. The van der Waals surface area contributed by atoms with Crippen LogP contribution in [0.1, 0.15) is 35.8 Å². The molecule has 2 aromatic heterocycles. The van der Waals surface area contributed by atoms with Crippen LogP contribution in [0.25, 0.3) is 16.3 Å². The van der Waals surface area contributed by atoms with Gasteiger partial charge in [0.05, 0.1) is 10.6 Å². The van der Waals surface area contributed by atoms with Crippen molar-refractivity contribution < 1.29 is 9.90 Å². The van der Waals surface area contributed by atoms with E-state index >= 15 is 0 Å². The van der Waals surface area contributed by atoms with E-state index in [4.69, 9.17) is 0 Å². The van der Waals surface area contributed by atoms with Gasteiger partial charge in [0.1, 0.15) is 5.69 Å². The Morgan fingerprint density at radius 3 is 2.50 bits per heavy atom. The second-order valence-electron chi connectivity index (χ2n) is 5.23. The van der Waals surface area contributed by atoms with Gasteiger partial charge in [-0.05, 0) is 35.1 Å². The number of carboxylic acid groups (broad SMARTS) is 1. The molecule has 0 spiro atoms. The summed E-state index contributed by atoms with van der Waals surface area (Å²) < 4.78 is 1.58. The third-order valence-corrected chi connectivity index (χ3v) is 4.31. The number of benzene rings is 1. The maximum absolute atomic E-state index is 11.4. The number of carbonyl (C=O) groups is 1. The minimum atomic E-state index is -1.08. The van der Waals surface area contributed by atoms with Gasteiger partial charge < -0.3 is 5.11 Å². The summed E-state index contributed by atoms with van der Waals surface area (Å²) in [4.78, 5) is 12.2. The Balaban J connectivity index is 2.13. The molecule has 1 aromatic carbocycles. The zero-order valence-corrected chi connectivity index (χ0v) is 13.0. The summed E-state index contributed by atoms with van der Waals surface area (Å²) in [6.07, 6.45) is 0. The topological polar surface area (TPSA) is 68.0 Å². The largest absolute Gasteiger partial charge is 0.476 e. The molecule has 0 bridgehead atoms. The highest BCUT2D eigenvalue weighted by molar-refractivity contribution is 7.13. The zero-order chi connectivity index (χ0) is 15.7. The molecule has 0 aliphatic heterocycles. The van der Waals surface area contributed by atoms with E-state index in [1.807, 2.05) is 41.8 Å². The van der Waals surface area contributed by atoms with Crippen molar-refractivity contribution in [1.82, 2.24) is 15.0 Å². The van der Waals surface area contributed by atoms with Crippen LogP contribution in [0, 0.1) is 0 Å². The lowest BCUT2D eigenvalue weighted by atomic mass is 10.0. The summed E-state index contributed by atoms with van der Waals surface area (Å²) in [6, 6.07) is 11.7. The van der Waals surface area contributed by atoms with Gasteiger partial charge in [-0.3, -0.25) is 0 Å². The zero-order valence-electron chi connectivity index (χ0n) is 12.2. The number of hydrogen-bond donors (Lipinski definition) is 1. The second-order valence-corrected chi connectivity index (χ2v) is 6.17. The Kier molecular flexibility index (Phi) is 3.77. The Hall–Kier alpha value is -2.47. The molecule has 0 aliphatic rings. The normalized spacial score (nSPS) is 11.0. The van der Waals surface area contributed by atoms with Crippen LogP contribution in [0.5, 0.6) is 0 Å². The van der Waals surface area contributed by atoms with Gasteiger partial charge in [0.25, 0.3) is 0 Å². The second kappa shape index (κ2) is 5.73. The number of hydrogen-bond acceptors (Lipinski definition) is 4. The van der Waals surface area contributed by atoms with E-state index in [-0.39, 0.29) is 5.69 Å². The quantitative estimate of drug-likeness (QED) is 0.795. The van der Waals surface area contributed by atoms with Crippen molar-refractivity contribution in [2.24, 2.45) is 0 Å². The van der Waals surface area contributed by atoms with Crippen LogP contribution in [0.3, 0.4) is 0 Å². The van der Waals surface area contributed by atoms with E-state index in [0.717, 1.165) is 10.6 Å². The van der Waals surface area contributed by atoms with Crippen LogP contribution >= 0.6 is 11.3 Å². The van der Waals surface area contributed by atoms with Gasteiger partial charge in [0.15, 0.2) is 5.69 Å². The van der Waals surface area contributed by atoms with Crippen molar-refractivity contribution in [2.45, 2.75) is 19.8 Å². The standard InChI is InChI=1S/C16H15N3O2S/c1-10(2)11-5-7-12(8-6-11)19-15(13-4-3-9-22-13)14(16(20)21)17-18-19/h3-10H,1-2H3,(H,20,21). The Bertz CT molecular complexity index is 789. The molecule has 0 saturated heterocycles. The van der Waals surface area contributed by atoms with Crippen LogP contribution < -0.4 is 0 Å². The Morgan fingerprint density at radius 1 is 1.23 bits per heavy atom. The van der Waals surface area contributed by atoms with E-state index in [1.54, 1.807) is 4.68 Å². The summed E-state index contributed by atoms with van der Waals surface area (Å²) in [6.45, 7) is 4.26. The minimum absolute atomic E-state index is 0.0320. The molecule has 1 N–H and O–H groups in total. The molecule has 0 aliphatic carbocycles. The summed E-state index contributed by atoms with van der Waals surface area (Å²) in [5, 5.41) is 19.1. The molecular formula is C16H15N3O2S.